The first-order valence-corrected chi connectivity index (χ1v) is 7.10. The molecule has 0 fully saturated rings. The third-order valence-corrected chi connectivity index (χ3v) is 2.93. The number of nitrogens with one attached hydrogen (secondary N) is 1. The minimum absolute atomic E-state index is 0.713. The third kappa shape index (κ3) is 6.29. The van der Waals surface area contributed by atoms with Crippen LogP contribution in [-0.2, 0) is 16.0 Å². The van der Waals surface area contributed by atoms with Gasteiger partial charge < -0.3 is 14.9 Å². The smallest absolute Gasteiger partial charge is 0.144 e. The first kappa shape index (κ1) is 16.8. The molecule has 20 heavy (non-hydrogen) atoms. The number of hydrazine groups is 1. The maximum Gasteiger partial charge on any atom is 0.144 e. The molecule has 0 aliphatic carbocycles. The second kappa shape index (κ2) is 10.6. The summed E-state index contributed by atoms with van der Waals surface area (Å²) >= 11 is 0. The number of hydrogen-bond acceptors (Lipinski definition) is 6. The largest absolute Gasteiger partial charge is 0.380 e. The van der Waals surface area contributed by atoms with Gasteiger partial charge in [0.1, 0.15) is 5.82 Å². The number of nitrogens with two attached hydrogens (primary N) is 1. The lowest BCUT2D eigenvalue weighted by atomic mass is 10.2. The highest BCUT2D eigenvalue weighted by molar-refractivity contribution is 5.42. The molecule has 0 saturated heterocycles. The molecule has 0 spiro atoms. The van der Waals surface area contributed by atoms with Gasteiger partial charge in [0, 0.05) is 44.6 Å². The van der Waals surface area contributed by atoms with Crippen LogP contribution in [0, 0.1) is 0 Å². The number of nitrogen functional groups attached to an aromatic ring is 1. The summed E-state index contributed by atoms with van der Waals surface area (Å²) in [5, 5.41) is 0. The van der Waals surface area contributed by atoms with Gasteiger partial charge in [0.05, 0.1) is 13.2 Å². The Kier molecular flexibility index (Phi) is 8.90. The second-order valence-corrected chi connectivity index (χ2v) is 4.33. The van der Waals surface area contributed by atoms with Crippen molar-refractivity contribution in [1.82, 2.24) is 9.88 Å². The predicted octanol–water partition coefficient (Wildman–Crippen LogP) is 1.24. The number of pyridine rings is 1. The molecule has 6 nitrogen and oxygen atoms in total. The first-order chi connectivity index (χ1) is 9.81. The van der Waals surface area contributed by atoms with Gasteiger partial charge in [0.15, 0.2) is 0 Å². The molecule has 0 aliphatic heterocycles. The van der Waals surface area contributed by atoms with Crippen molar-refractivity contribution in [3.05, 3.63) is 23.9 Å². The van der Waals surface area contributed by atoms with E-state index in [2.05, 4.69) is 15.3 Å². The zero-order valence-electron chi connectivity index (χ0n) is 12.5. The molecule has 0 saturated carbocycles. The molecule has 0 radical (unpaired) electrons. The van der Waals surface area contributed by atoms with Crippen molar-refractivity contribution in [1.29, 1.82) is 0 Å². The van der Waals surface area contributed by atoms with E-state index in [9.17, 15) is 0 Å². The van der Waals surface area contributed by atoms with Crippen LogP contribution in [0.5, 0.6) is 0 Å². The molecule has 1 heterocycles. The van der Waals surface area contributed by atoms with Gasteiger partial charge in [-0.2, -0.15) is 0 Å². The molecule has 1 aromatic heterocycles. The van der Waals surface area contributed by atoms with Crippen LogP contribution < -0.4 is 11.3 Å². The highest BCUT2D eigenvalue weighted by Gasteiger charge is 2.09. The minimum Gasteiger partial charge on any atom is -0.380 e. The van der Waals surface area contributed by atoms with E-state index >= 15 is 0 Å². The fourth-order valence-corrected chi connectivity index (χ4v) is 1.88. The SMILES string of the molecule is CCOCCN(CCOCC)Cc1cccnc1NN. The van der Waals surface area contributed by atoms with Gasteiger partial charge in [0.25, 0.3) is 0 Å². The van der Waals surface area contributed by atoms with Crippen molar-refractivity contribution < 1.29 is 9.47 Å². The molecule has 0 atom stereocenters. The number of anilines is 1. The van der Waals surface area contributed by atoms with Crippen molar-refractivity contribution in [3.8, 4) is 0 Å². The Bertz CT molecular complexity index is 353. The van der Waals surface area contributed by atoms with Crippen LogP contribution in [0.15, 0.2) is 18.3 Å². The van der Waals surface area contributed by atoms with Crippen LogP contribution in [0.1, 0.15) is 19.4 Å². The average molecular weight is 282 g/mol. The lowest BCUT2D eigenvalue weighted by Gasteiger charge is -2.23. The van der Waals surface area contributed by atoms with E-state index in [-0.39, 0.29) is 0 Å². The monoisotopic (exact) mass is 282 g/mol. The summed E-state index contributed by atoms with van der Waals surface area (Å²) in [5.41, 5.74) is 3.71. The Morgan fingerprint density at radius 2 is 1.85 bits per heavy atom. The summed E-state index contributed by atoms with van der Waals surface area (Å²) in [6, 6.07) is 3.94. The highest BCUT2D eigenvalue weighted by atomic mass is 16.5. The summed E-state index contributed by atoms with van der Waals surface area (Å²) in [7, 11) is 0. The second-order valence-electron chi connectivity index (χ2n) is 4.33. The van der Waals surface area contributed by atoms with Crippen LogP contribution in [0.4, 0.5) is 5.82 Å². The van der Waals surface area contributed by atoms with Crippen molar-refractivity contribution >= 4 is 5.82 Å². The standard InChI is InChI=1S/C14H26N4O2/c1-3-19-10-8-18(9-11-20-4-2)12-13-6-5-7-16-14(13)17-15/h5-7H,3-4,8-12,15H2,1-2H3,(H,16,17). The summed E-state index contributed by atoms with van der Waals surface area (Å²) in [5.74, 6) is 6.20. The van der Waals surface area contributed by atoms with E-state index in [1.54, 1.807) is 6.20 Å². The van der Waals surface area contributed by atoms with Gasteiger partial charge in [-0.1, -0.05) is 6.07 Å². The van der Waals surface area contributed by atoms with Crippen LogP contribution in [0.2, 0.25) is 0 Å². The Morgan fingerprint density at radius 3 is 2.40 bits per heavy atom. The van der Waals surface area contributed by atoms with E-state index in [0.717, 1.165) is 38.4 Å². The number of rotatable bonds is 11. The van der Waals surface area contributed by atoms with Crippen LogP contribution >= 0.6 is 0 Å². The lowest BCUT2D eigenvalue weighted by molar-refractivity contribution is 0.0798. The van der Waals surface area contributed by atoms with Gasteiger partial charge in [-0.25, -0.2) is 10.8 Å². The number of nitrogens with zero attached hydrogens (tertiary/aromatic N) is 2. The zero-order chi connectivity index (χ0) is 14.6. The summed E-state index contributed by atoms with van der Waals surface area (Å²) in [6.07, 6.45) is 1.73. The predicted molar refractivity (Wildman–Crippen MR) is 80.3 cm³/mol. The summed E-state index contributed by atoms with van der Waals surface area (Å²) in [6.45, 7) is 9.41. The Hall–Kier alpha value is -1.21. The van der Waals surface area contributed by atoms with Crippen molar-refractivity contribution in [2.24, 2.45) is 5.84 Å². The minimum atomic E-state index is 0.713. The number of ether oxygens (including phenoxy) is 2. The van der Waals surface area contributed by atoms with E-state index in [0.29, 0.717) is 19.0 Å². The van der Waals surface area contributed by atoms with Crippen LogP contribution in [-0.4, -0.2) is 49.4 Å². The van der Waals surface area contributed by atoms with Crippen molar-refractivity contribution in [2.75, 3.05) is 44.9 Å². The molecule has 0 unspecified atom stereocenters. The van der Waals surface area contributed by atoms with Gasteiger partial charge in [-0.15, -0.1) is 0 Å². The Labute approximate surface area is 121 Å². The Balaban J connectivity index is 2.56. The lowest BCUT2D eigenvalue weighted by Crippen LogP contribution is -2.31. The van der Waals surface area contributed by atoms with Crippen LogP contribution in [0.25, 0.3) is 0 Å². The molecular formula is C14H26N4O2. The average Bonchev–Trinajstić information content (AvgIpc) is 2.48. The Morgan fingerprint density at radius 1 is 1.20 bits per heavy atom. The van der Waals surface area contributed by atoms with Gasteiger partial charge in [-0.05, 0) is 19.9 Å². The van der Waals surface area contributed by atoms with Gasteiger partial charge in [0.2, 0.25) is 0 Å². The fourth-order valence-electron chi connectivity index (χ4n) is 1.88. The first-order valence-electron chi connectivity index (χ1n) is 7.10. The van der Waals surface area contributed by atoms with E-state index in [1.165, 1.54) is 0 Å². The zero-order valence-corrected chi connectivity index (χ0v) is 12.5. The van der Waals surface area contributed by atoms with E-state index in [1.807, 2.05) is 26.0 Å². The number of hydrogen-bond donors (Lipinski definition) is 2. The van der Waals surface area contributed by atoms with E-state index < -0.39 is 0 Å². The maximum atomic E-state index is 5.49. The van der Waals surface area contributed by atoms with Crippen molar-refractivity contribution in [3.63, 3.8) is 0 Å². The molecule has 0 bridgehead atoms. The molecule has 0 amide bonds. The quantitative estimate of drug-likeness (QED) is 0.361. The molecule has 1 rings (SSSR count). The molecule has 0 aliphatic rings. The van der Waals surface area contributed by atoms with Crippen LogP contribution in [0.3, 0.4) is 0 Å². The number of aromatic nitrogens is 1. The van der Waals surface area contributed by atoms with Gasteiger partial charge >= 0.3 is 0 Å². The third-order valence-electron chi connectivity index (χ3n) is 2.93. The molecular weight excluding hydrogens is 256 g/mol. The molecule has 6 heteroatoms. The highest BCUT2D eigenvalue weighted by Crippen LogP contribution is 2.12. The molecule has 1 aromatic rings. The molecule has 114 valence electrons. The summed E-state index contributed by atoms with van der Waals surface area (Å²) < 4.78 is 10.9. The fraction of sp³-hybridized carbons (Fsp3) is 0.643. The maximum absolute atomic E-state index is 5.49. The molecule has 3 N–H and O–H groups in total. The van der Waals surface area contributed by atoms with Crippen molar-refractivity contribution in [2.45, 2.75) is 20.4 Å². The topological polar surface area (TPSA) is 72.6 Å². The molecule has 0 aromatic carbocycles. The van der Waals surface area contributed by atoms with E-state index in [4.69, 9.17) is 15.3 Å². The normalized spacial score (nSPS) is 11.0. The van der Waals surface area contributed by atoms with Gasteiger partial charge in [-0.3, -0.25) is 4.90 Å². The summed E-state index contributed by atoms with van der Waals surface area (Å²) in [4.78, 5) is 6.50.